The van der Waals surface area contributed by atoms with Crippen molar-refractivity contribution in [2.75, 3.05) is 24.5 Å². The quantitative estimate of drug-likeness (QED) is 0.276. The first-order valence-corrected chi connectivity index (χ1v) is 15.8. The Morgan fingerprint density at radius 2 is 2.00 bits per heavy atom. The summed E-state index contributed by atoms with van der Waals surface area (Å²) in [6, 6.07) is 5.97. The lowest BCUT2D eigenvalue weighted by molar-refractivity contribution is -0.136. The SMILES string of the molecule is CCCc1cnc(N2CCC(Oc3nc4ccc(C5=CC(S(O)(O)C=CCC(=O)O)=NCC5)cc4s3)CC2)nc1. The van der Waals surface area contributed by atoms with Crippen LogP contribution >= 0.6 is 21.9 Å². The fourth-order valence-corrected chi connectivity index (χ4v) is 6.74. The fraction of sp³-hybridized carbons (Fsp3) is 0.393. The summed E-state index contributed by atoms with van der Waals surface area (Å²) in [5, 5.41) is 10.7. The predicted molar refractivity (Wildman–Crippen MR) is 161 cm³/mol. The summed E-state index contributed by atoms with van der Waals surface area (Å²) in [6.07, 6.45) is 11.0. The highest BCUT2D eigenvalue weighted by Gasteiger charge is 2.24. The Kier molecular flexibility index (Phi) is 8.79. The highest BCUT2D eigenvalue weighted by Crippen LogP contribution is 2.45. The largest absolute Gasteiger partial charge is 0.481 e. The molecule has 40 heavy (non-hydrogen) atoms. The van der Waals surface area contributed by atoms with Crippen molar-refractivity contribution in [1.82, 2.24) is 15.0 Å². The number of ether oxygens (including phenoxy) is 1. The third-order valence-electron chi connectivity index (χ3n) is 6.80. The van der Waals surface area contributed by atoms with Crippen LogP contribution < -0.4 is 9.64 Å². The minimum atomic E-state index is -3.31. The minimum absolute atomic E-state index is 0.0786. The van der Waals surface area contributed by atoms with E-state index in [1.807, 2.05) is 30.6 Å². The van der Waals surface area contributed by atoms with Gasteiger partial charge >= 0.3 is 5.97 Å². The maximum atomic E-state index is 10.7. The second-order valence-electron chi connectivity index (χ2n) is 9.81. The summed E-state index contributed by atoms with van der Waals surface area (Å²) >= 11 is 1.50. The molecule has 2 aromatic heterocycles. The number of carboxylic acid groups (broad SMARTS) is 1. The highest BCUT2D eigenvalue weighted by molar-refractivity contribution is 8.39. The number of piperidine rings is 1. The Labute approximate surface area is 238 Å². The van der Waals surface area contributed by atoms with E-state index in [-0.39, 0.29) is 17.6 Å². The average Bonchev–Trinajstić information content (AvgIpc) is 3.35. The van der Waals surface area contributed by atoms with Gasteiger partial charge in [0.2, 0.25) is 5.95 Å². The van der Waals surface area contributed by atoms with Crippen molar-refractivity contribution in [2.24, 2.45) is 4.99 Å². The van der Waals surface area contributed by atoms with Crippen molar-refractivity contribution >= 4 is 54.7 Å². The zero-order valence-electron chi connectivity index (χ0n) is 22.3. The van der Waals surface area contributed by atoms with Gasteiger partial charge in [0.25, 0.3) is 5.19 Å². The van der Waals surface area contributed by atoms with E-state index in [9.17, 15) is 13.9 Å². The minimum Gasteiger partial charge on any atom is -0.481 e. The van der Waals surface area contributed by atoms with Gasteiger partial charge in [0.1, 0.15) is 11.1 Å². The molecule has 10 nitrogen and oxygen atoms in total. The number of hydrogen-bond donors (Lipinski definition) is 3. The number of rotatable bonds is 9. The smallest absolute Gasteiger partial charge is 0.307 e. The Balaban J connectivity index is 1.22. The molecule has 5 rings (SSSR count). The van der Waals surface area contributed by atoms with Crippen LogP contribution in [0.15, 0.2) is 53.1 Å². The van der Waals surface area contributed by atoms with Crippen molar-refractivity contribution in [2.45, 2.75) is 51.6 Å². The highest BCUT2D eigenvalue weighted by atomic mass is 32.3. The third-order valence-corrected chi connectivity index (χ3v) is 9.14. The summed E-state index contributed by atoms with van der Waals surface area (Å²) in [7, 11) is -3.31. The average molecular weight is 584 g/mol. The van der Waals surface area contributed by atoms with E-state index in [1.54, 1.807) is 6.08 Å². The Bertz CT molecular complexity index is 1440. The molecule has 0 amide bonds. The lowest BCUT2D eigenvalue weighted by atomic mass is 10.0. The van der Waals surface area contributed by atoms with Gasteiger partial charge in [0, 0.05) is 50.3 Å². The maximum absolute atomic E-state index is 10.7. The summed E-state index contributed by atoms with van der Waals surface area (Å²) in [4.78, 5) is 31.0. The zero-order chi connectivity index (χ0) is 28.1. The predicted octanol–water partition coefficient (Wildman–Crippen LogP) is 6.01. The van der Waals surface area contributed by atoms with Crippen LogP contribution in [0.1, 0.15) is 50.2 Å². The Morgan fingerprint density at radius 3 is 2.73 bits per heavy atom. The molecule has 3 aromatic rings. The van der Waals surface area contributed by atoms with E-state index in [1.165, 1.54) is 17.4 Å². The van der Waals surface area contributed by atoms with Crippen LogP contribution in [0.25, 0.3) is 15.8 Å². The van der Waals surface area contributed by atoms with Crippen LogP contribution in [0.2, 0.25) is 0 Å². The molecular formula is C28H33N5O5S2. The van der Waals surface area contributed by atoms with E-state index in [0.717, 1.165) is 77.0 Å². The monoisotopic (exact) mass is 583 g/mol. The number of aromatic nitrogens is 3. The molecule has 1 fully saturated rings. The number of hydrogen-bond acceptors (Lipinski definition) is 10. The van der Waals surface area contributed by atoms with E-state index in [2.05, 4.69) is 31.8 Å². The lowest BCUT2D eigenvalue weighted by Gasteiger charge is -2.31. The number of aliphatic imine (C=N–C) groups is 1. The molecule has 0 unspecified atom stereocenters. The van der Waals surface area contributed by atoms with Gasteiger partial charge in [-0.3, -0.25) is 18.9 Å². The van der Waals surface area contributed by atoms with Crippen LogP contribution in [0.4, 0.5) is 5.95 Å². The van der Waals surface area contributed by atoms with Gasteiger partial charge in [-0.15, -0.1) is 10.6 Å². The van der Waals surface area contributed by atoms with Crippen molar-refractivity contribution in [3.05, 3.63) is 59.3 Å². The standard InChI is InChI=1S/C28H33N5O5S2/c1-2-4-19-17-30-27(31-18-19)33-12-9-22(10-13-33)38-28-32-23-7-6-20(15-24(23)39-28)21-8-11-29-25(16-21)40(36,37)14-3-5-26(34)35/h3,6-7,14-18,22,36-37H,2,4-5,8-13H2,1H3,(H,34,35). The van der Waals surface area contributed by atoms with Crippen LogP contribution in [-0.2, 0) is 11.2 Å². The molecule has 2 aliphatic heterocycles. The van der Waals surface area contributed by atoms with E-state index in [0.29, 0.717) is 18.2 Å². The van der Waals surface area contributed by atoms with Gasteiger partial charge in [-0.25, -0.2) is 15.0 Å². The Hall–Kier alpha value is -3.32. The van der Waals surface area contributed by atoms with Crippen LogP contribution in [0.5, 0.6) is 5.19 Å². The molecule has 0 bridgehead atoms. The molecule has 0 atom stereocenters. The number of fused-ring (bicyclic) bond motifs is 1. The molecule has 0 saturated carbocycles. The number of carboxylic acids is 1. The van der Waals surface area contributed by atoms with Crippen molar-refractivity contribution < 1.29 is 23.7 Å². The molecule has 212 valence electrons. The molecule has 3 N–H and O–H groups in total. The van der Waals surface area contributed by atoms with Gasteiger partial charge in [-0.05, 0) is 47.8 Å². The third kappa shape index (κ3) is 6.87. The van der Waals surface area contributed by atoms with Gasteiger partial charge in [0.15, 0.2) is 0 Å². The molecule has 0 radical (unpaired) electrons. The maximum Gasteiger partial charge on any atom is 0.307 e. The molecule has 2 aliphatic rings. The normalized spacial score (nSPS) is 17.2. The first-order valence-electron chi connectivity index (χ1n) is 13.4. The summed E-state index contributed by atoms with van der Waals surface area (Å²) in [5.74, 6) is -0.268. The van der Waals surface area contributed by atoms with Gasteiger partial charge in [0.05, 0.1) is 16.6 Å². The topological polar surface area (TPSA) is 141 Å². The fourth-order valence-electron chi connectivity index (χ4n) is 4.71. The first-order chi connectivity index (χ1) is 19.3. The number of thiazole rings is 1. The van der Waals surface area contributed by atoms with Crippen molar-refractivity contribution in [3.63, 3.8) is 0 Å². The molecule has 1 aromatic carbocycles. The van der Waals surface area contributed by atoms with Crippen LogP contribution in [-0.4, -0.2) is 65.9 Å². The van der Waals surface area contributed by atoms with Crippen LogP contribution in [0.3, 0.4) is 0 Å². The summed E-state index contributed by atoms with van der Waals surface area (Å²) in [5.41, 5.74) is 3.91. The number of nitrogens with zero attached hydrogens (tertiary/aromatic N) is 5. The van der Waals surface area contributed by atoms with Gasteiger partial charge < -0.3 is 14.7 Å². The van der Waals surface area contributed by atoms with Crippen molar-refractivity contribution in [3.8, 4) is 5.19 Å². The first kappa shape index (κ1) is 28.2. The van der Waals surface area contributed by atoms with E-state index < -0.39 is 16.6 Å². The second kappa shape index (κ2) is 12.5. The number of benzene rings is 1. The molecule has 1 saturated heterocycles. The molecule has 0 spiro atoms. The lowest BCUT2D eigenvalue weighted by Crippen LogP contribution is -2.39. The summed E-state index contributed by atoms with van der Waals surface area (Å²) < 4.78 is 28.3. The van der Waals surface area contributed by atoms with Gasteiger partial charge in [-0.2, -0.15) is 0 Å². The molecule has 4 heterocycles. The van der Waals surface area contributed by atoms with Gasteiger partial charge in [-0.1, -0.05) is 36.8 Å². The van der Waals surface area contributed by atoms with Crippen LogP contribution in [0, 0.1) is 0 Å². The number of carbonyl (C=O) groups is 1. The molecular weight excluding hydrogens is 550 g/mol. The molecule has 0 aliphatic carbocycles. The summed E-state index contributed by atoms with van der Waals surface area (Å²) in [6.45, 7) is 4.23. The second-order valence-corrected chi connectivity index (χ2v) is 12.7. The van der Waals surface area contributed by atoms with E-state index in [4.69, 9.17) is 9.84 Å². The number of anilines is 1. The van der Waals surface area contributed by atoms with E-state index >= 15 is 0 Å². The number of aryl methyl sites for hydroxylation is 1. The Morgan fingerprint density at radius 1 is 1.23 bits per heavy atom. The molecule has 12 heteroatoms. The number of aliphatic carboxylic acids is 1. The zero-order valence-corrected chi connectivity index (χ0v) is 23.9. The van der Waals surface area contributed by atoms with Crippen molar-refractivity contribution in [1.29, 1.82) is 0 Å². The number of dihydropyridines is 1.